The number of hydrogen-bond acceptors (Lipinski definition) is 3. The normalized spacial score (nSPS) is 16.9. The number of nitrogens with two attached hydrogens (primary N) is 1. The first-order valence-electron chi connectivity index (χ1n) is 6.02. The molecule has 0 saturated heterocycles. The molecule has 1 fully saturated rings. The van der Waals surface area contributed by atoms with Crippen molar-refractivity contribution in [3.8, 4) is 5.75 Å². The minimum absolute atomic E-state index is 0. The largest absolute Gasteiger partial charge is 0.507 e. The van der Waals surface area contributed by atoms with Gasteiger partial charge >= 0.3 is 5.97 Å². The molecule has 0 aliphatic heterocycles. The smallest absolute Gasteiger partial charge is 0.339 e. The lowest BCUT2D eigenvalue weighted by Crippen LogP contribution is -2.20. The molecule has 1 aliphatic rings. The van der Waals surface area contributed by atoms with Gasteiger partial charge in [-0.2, -0.15) is 0 Å². The Morgan fingerprint density at radius 2 is 1.95 bits per heavy atom. The Morgan fingerprint density at radius 3 is 2.47 bits per heavy atom. The first-order chi connectivity index (χ1) is 8.52. The van der Waals surface area contributed by atoms with Gasteiger partial charge in [0.15, 0.2) is 0 Å². The van der Waals surface area contributed by atoms with Crippen LogP contribution in [-0.4, -0.2) is 16.2 Å². The van der Waals surface area contributed by atoms with Crippen molar-refractivity contribution in [1.82, 2.24) is 0 Å². The molecule has 0 bridgehead atoms. The van der Waals surface area contributed by atoms with Crippen LogP contribution in [0.3, 0.4) is 0 Å². The molecule has 6 heteroatoms. The first-order valence-corrected chi connectivity index (χ1v) is 6.82. The zero-order chi connectivity index (χ0) is 13.3. The van der Waals surface area contributed by atoms with Crippen LogP contribution in [-0.2, 0) is 0 Å². The van der Waals surface area contributed by atoms with Gasteiger partial charge in [0.05, 0.1) is 0 Å². The SMILES string of the molecule is Cl.N[C@@H](c1c(Br)ccc(C(=O)O)c1O)C1CCCC1. The summed E-state index contributed by atoms with van der Waals surface area (Å²) in [7, 11) is 0. The summed E-state index contributed by atoms with van der Waals surface area (Å²) in [6.07, 6.45) is 4.36. The fourth-order valence-corrected chi connectivity index (χ4v) is 3.21. The fraction of sp³-hybridized carbons (Fsp3) is 0.462. The first kappa shape index (κ1) is 16.3. The van der Waals surface area contributed by atoms with E-state index < -0.39 is 5.97 Å². The Bertz CT molecular complexity index is 475. The molecule has 1 aromatic rings. The number of benzene rings is 1. The van der Waals surface area contributed by atoms with Crippen molar-refractivity contribution in [1.29, 1.82) is 0 Å². The predicted octanol–water partition coefficient (Wildman–Crippen LogP) is 3.46. The van der Waals surface area contributed by atoms with E-state index in [1.807, 2.05) is 0 Å². The minimum atomic E-state index is -1.14. The third-order valence-corrected chi connectivity index (χ3v) is 4.33. The average Bonchev–Trinajstić information content (AvgIpc) is 2.81. The van der Waals surface area contributed by atoms with Crippen molar-refractivity contribution in [2.75, 3.05) is 0 Å². The van der Waals surface area contributed by atoms with Gasteiger partial charge in [-0.25, -0.2) is 4.79 Å². The van der Waals surface area contributed by atoms with E-state index in [1.165, 1.54) is 6.07 Å². The van der Waals surface area contributed by atoms with E-state index >= 15 is 0 Å². The summed E-state index contributed by atoms with van der Waals surface area (Å²) in [4.78, 5) is 11.0. The monoisotopic (exact) mass is 349 g/mol. The van der Waals surface area contributed by atoms with E-state index in [9.17, 15) is 9.90 Å². The van der Waals surface area contributed by atoms with E-state index in [4.69, 9.17) is 10.8 Å². The van der Waals surface area contributed by atoms with Gasteiger partial charge in [-0.15, -0.1) is 12.4 Å². The van der Waals surface area contributed by atoms with Crippen LogP contribution in [0.5, 0.6) is 5.75 Å². The number of aromatic carboxylic acids is 1. The maximum atomic E-state index is 11.0. The summed E-state index contributed by atoms with van der Waals surface area (Å²) in [6, 6.07) is 2.70. The van der Waals surface area contributed by atoms with Crippen LogP contribution >= 0.6 is 28.3 Å². The van der Waals surface area contributed by atoms with E-state index in [1.54, 1.807) is 6.07 Å². The Hall–Kier alpha value is -0.780. The van der Waals surface area contributed by atoms with Crippen molar-refractivity contribution in [3.05, 3.63) is 27.7 Å². The van der Waals surface area contributed by atoms with Crippen molar-refractivity contribution in [2.24, 2.45) is 11.7 Å². The lowest BCUT2D eigenvalue weighted by atomic mass is 9.91. The molecule has 0 amide bonds. The quantitative estimate of drug-likeness (QED) is 0.779. The van der Waals surface area contributed by atoms with Crippen LogP contribution < -0.4 is 5.73 Å². The molecule has 0 aromatic heterocycles. The maximum Gasteiger partial charge on any atom is 0.339 e. The molecule has 106 valence electrons. The molecule has 0 radical (unpaired) electrons. The van der Waals surface area contributed by atoms with Gasteiger partial charge < -0.3 is 15.9 Å². The highest BCUT2D eigenvalue weighted by atomic mass is 79.9. The highest BCUT2D eigenvalue weighted by Gasteiger charge is 2.28. The third-order valence-electron chi connectivity index (χ3n) is 3.64. The Balaban J connectivity index is 0.00000180. The average molecular weight is 351 g/mol. The number of hydrogen-bond donors (Lipinski definition) is 3. The molecule has 0 heterocycles. The molecule has 1 saturated carbocycles. The fourth-order valence-electron chi connectivity index (χ4n) is 2.63. The van der Waals surface area contributed by atoms with Gasteiger partial charge in [-0.05, 0) is 30.9 Å². The second-order valence-corrected chi connectivity index (χ2v) is 5.59. The van der Waals surface area contributed by atoms with Crippen LogP contribution in [0.4, 0.5) is 0 Å². The lowest BCUT2D eigenvalue weighted by Gasteiger charge is -2.22. The minimum Gasteiger partial charge on any atom is -0.507 e. The Morgan fingerprint density at radius 1 is 1.37 bits per heavy atom. The summed E-state index contributed by atoms with van der Waals surface area (Å²) >= 11 is 3.35. The van der Waals surface area contributed by atoms with E-state index in [0.717, 1.165) is 25.7 Å². The second-order valence-electron chi connectivity index (χ2n) is 4.73. The van der Waals surface area contributed by atoms with Gasteiger partial charge in [0.2, 0.25) is 0 Å². The number of carbonyl (C=O) groups is 1. The third kappa shape index (κ3) is 3.22. The Kier molecular flexibility index (Phi) is 5.64. The van der Waals surface area contributed by atoms with Crippen LogP contribution in [0.25, 0.3) is 0 Å². The highest BCUT2D eigenvalue weighted by Crippen LogP contribution is 2.41. The summed E-state index contributed by atoms with van der Waals surface area (Å²) in [5, 5.41) is 19.1. The number of rotatable bonds is 3. The van der Waals surface area contributed by atoms with Crippen LogP contribution in [0.1, 0.15) is 47.6 Å². The number of carboxylic acids is 1. The molecule has 19 heavy (non-hydrogen) atoms. The molecule has 4 nitrogen and oxygen atoms in total. The molecule has 0 spiro atoms. The van der Waals surface area contributed by atoms with Gasteiger partial charge in [0.25, 0.3) is 0 Å². The van der Waals surface area contributed by atoms with Crippen molar-refractivity contribution >= 4 is 34.3 Å². The summed E-state index contributed by atoms with van der Waals surface area (Å²) in [5.74, 6) is -1.03. The topological polar surface area (TPSA) is 83.6 Å². The zero-order valence-electron chi connectivity index (χ0n) is 10.3. The van der Waals surface area contributed by atoms with Gasteiger partial charge in [0.1, 0.15) is 11.3 Å². The molecule has 4 N–H and O–H groups in total. The van der Waals surface area contributed by atoms with Crippen LogP contribution in [0.15, 0.2) is 16.6 Å². The molecule has 1 atom stereocenters. The van der Waals surface area contributed by atoms with Crippen LogP contribution in [0.2, 0.25) is 0 Å². The summed E-state index contributed by atoms with van der Waals surface area (Å²) < 4.78 is 0.671. The maximum absolute atomic E-state index is 11.0. The molecule has 1 aliphatic carbocycles. The molecule has 2 rings (SSSR count). The van der Waals surface area contributed by atoms with E-state index in [0.29, 0.717) is 16.0 Å². The van der Waals surface area contributed by atoms with E-state index in [2.05, 4.69) is 15.9 Å². The highest BCUT2D eigenvalue weighted by molar-refractivity contribution is 9.10. The number of aromatic hydroxyl groups is 1. The number of carboxylic acid groups (broad SMARTS) is 1. The standard InChI is InChI=1S/C13H16BrNO3.ClH/c14-9-6-5-8(13(17)18)12(16)10(9)11(15)7-3-1-2-4-7;/h5-7,11,16H,1-4,15H2,(H,17,18);1H/t11-;/m1./s1. The van der Waals surface area contributed by atoms with E-state index in [-0.39, 0.29) is 29.8 Å². The van der Waals surface area contributed by atoms with Crippen molar-refractivity contribution in [2.45, 2.75) is 31.7 Å². The molecular weight excluding hydrogens is 334 g/mol. The van der Waals surface area contributed by atoms with Gasteiger partial charge in [-0.3, -0.25) is 0 Å². The molecular formula is C13H17BrClNO3. The summed E-state index contributed by atoms with van der Waals surface area (Å²) in [6.45, 7) is 0. The lowest BCUT2D eigenvalue weighted by molar-refractivity contribution is 0.0693. The van der Waals surface area contributed by atoms with Crippen LogP contribution in [0, 0.1) is 5.92 Å². The molecule has 1 aromatic carbocycles. The zero-order valence-corrected chi connectivity index (χ0v) is 12.7. The predicted molar refractivity (Wildman–Crippen MR) is 78.9 cm³/mol. The van der Waals surface area contributed by atoms with Gasteiger partial charge in [0, 0.05) is 16.1 Å². The summed E-state index contributed by atoms with van der Waals surface area (Å²) in [5.41, 5.74) is 6.61. The van der Waals surface area contributed by atoms with Crippen molar-refractivity contribution in [3.63, 3.8) is 0 Å². The number of phenols is 1. The molecule has 0 unspecified atom stereocenters. The van der Waals surface area contributed by atoms with Crippen molar-refractivity contribution < 1.29 is 15.0 Å². The number of halogens is 2. The van der Waals surface area contributed by atoms with Gasteiger partial charge in [-0.1, -0.05) is 28.8 Å². The Labute approximate surface area is 126 Å². The second kappa shape index (κ2) is 6.59.